The number of pyridine rings is 4. The molecule has 0 atom stereocenters. The molecular formula is C35H19N7S2. The maximum absolute atomic E-state index is 5.17. The molecule has 10 rings (SSSR count). The summed E-state index contributed by atoms with van der Waals surface area (Å²) in [5.41, 5.74) is 8.85. The predicted molar refractivity (Wildman–Crippen MR) is 180 cm³/mol. The Morgan fingerprint density at radius 3 is 1.82 bits per heavy atom. The van der Waals surface area contributed by atoms with Crippen molar-refractivity contribution in [1.82, 2.24) is 29.9 Å². The quantitative estimate of drug-likeness (QED) is 0.204. The van der Waals surface area contributed by atoms with E-state index >= 15 is 0 Å². The third-order valence-electron chi connectivity index (χ3n) is 8.34. The molecule has 0 radical (unpaired) electrons. The SMILES string of the molecule is c1cnc2c(c1)c1c(c3cccnc32)N=C(c2ccc(-c3ccc(-c4nc5c6cccnc6c6ncccc6c5[nH]4)s3)s2)C1. The Balaban J connectivity index is 1.03. The molecule has 0 fully saturated rings. The largest absolute Gasteiger partial charge is 0.337 e. The van der Waals surface area contributed by atoms with Gasteiger partial charge in [-0.2, -0.15) is 0 Å². The summed E-state index contributed by atoms with van der Waals surface area (Å²) in [7, 11) is 0. The molecule has 9 aromatic rings. The zero-order valence-corrected chi connectivity index (χ0v) is 24.6. The van der Waals surface area contributed by atoms with E-state index in [1.54, 1.807) is 22.7 Å². The van der Waals surface area contributed by atoms with Crippen LogP contribution in [0.2, 0.25) is 0 Å². The Morgan fingerprint density at radius 2 is 1.07 bits per heavy atom. The summed E-state index contributed by atoms with van der Waals surface area (Å²) in [5.74, 6) is 0.853. The highest BCUT2D eigenvalue weighted by Gasteiger charge is 2.24. The number of hydrogen-bond acceptors (Lipinski definition) is 8. The van der Waals surface area contributed by atoms with Gasteiger partial charge in [-0.25, -0.2) is 4.98 Å². The van der Waals surface area contributed by atoms with Gasteiger partial charge in [-0.05, 0) is 72.3 Å². The van der Waals surface area contributed by atoms with Gasteiger partial charge in [0.15, 0.2) is 0 Å². The molecule has 206 valence electrons. The molecule has 8 heterocycles. The first-order chi connectivity index (χ1) is 21.8. The zero-order chi connectivity index (χ0) is 28.8. The van der Waals surface area contributed by atoms with Crippen molar-refractivity contribution in [3.05, 3.63) is 108 Å². The number of imidazole rings is 1. The molecule has 0 saturated carbocycles. The van der Waals surface area contributed by atoms with E-state index in [-0.39, 0.29) is 0 Å². The molecule has 0 unspecified atom stereocenters. The predicted octanol–water partition coefficient (Wildman–Crippen LogP) is 8.89. The van der Waals surface area contributed by atoms with E-state index in [0.717, 1.165) is 83.2 Å². The lowest BCUT2D eigenvalue weighted by Gasteiger charge is -2.08. The second-order valence-electron chi connectivity index (χ2n) is 10.8. The molecule has 1 N–H and O–H groups in total. The van der Waals surface area contributed by atoms with Crippen LogP contribution >= 0.6 is 22.7 Å². The van der Waals surface area contributed by atoms with Crippen LogP contribution in [0.15, 0.2) is 103 Å². The molecule has 7 aromatic heterocycles. The van der Waals surface area contributed by atoms with E-state index in [1.165, 1.54) is 20.2 Å². The fourth-order valence-electron chi connectivity index (χ4n) is 6.39. The third-order valence-corrected chi connectivity index (χ3v) is 10.8. The van der Waals surface area contributed by atoms with Crippen molar-refractivity contribution in [3.8, 4) is 20.5 Å². The van der Waals surface area contributed by atoms with Gasteiger partial charge in [0.2, 0.25) is 0 Å². The first-order valence-electron chi connectivity index (χ1n) is 14.2. The minimum atomic E-state index is 0.780. The van der Waals surface area contributed by atoms with Crippen molar-refractivity contribution in [2.75, 3.05) is 0 Å². The molecular weight excluding hydrogens is 583 g/mol. The highest BCUT2D eigenvalue weighted by Crippen LogP contribution is 2.44. The Morgan fingerprint density at radius 1 is 0.523 bits per heavy atom. The average Bonchev–Trinajstić information content (AvgIpc) is 3.90. The van der Waals surface area contributed by atoms with Crippen molar-refractivity contribution in [2.24, 2.45) is 4.99 Å². The highest BCUT2D eigenvalue weighted by molar-refractivity contribution is 7.24. The van der Waals surface area contributed by atoms with Crippen LogP contribution in [-0.4, -0.2) is 35.6 Å². The molecule has 0 spiro atoms. The minimum Gasteiger partial charge on any atom is -0.337 e. The minimum absolute atomic E-state index is 0.780. The number of aliphatic imine (C=N–C) groups is 1. The summed E-state index contributed by atoms with van der Waals surface area (Å²) < 4.78 is 0. The summed E-state index contributed by atoms with van der Waals surface area (Å²) in [6, 6.07) is 25.0. The number of benzene rings is 2. The van der Waals surface area contributed by atoms with Gasteiger partial charge in [-0.1, -0.05) is 6.07 Å². The lowest BCUT2D eigenvalue weighted by Crippen LogP contribution is -1.97. The molecule has 0 amide bonds. The number of thiophene rings is 2. The van der Waals surface area contributed by atoms with Crippen LogP contribution in [-0.2, 0) is 6.42 Å². The summed E-state index contributed by atoms with van der Waals surface area (Å²) >= 11 is 3.52. The number of aromatic nitrogens is 6. The maximum Gasteiger partial charge on any atom is 0.148 e. The van der Waals surface area contributed by atoms with Crippen molar-refractivity contribution in [3.63, 3.8) is 0 Å². The van der Waals surface area contributed by atoms with Gasteiger partial charge in [0.1, 0.15) is 5.82 Å². The number of aromatic amines is 1. The van der Waals surface area contributed by atoms with Gasteiger partial charge >= 0.3 is 0 Å². The standard InChI is InChI=1S/C35H19N7S2/c1-5-18-22-17-23(40-28(22)19-6-2-14-37-30(19)29(18)36-13-1)24-9-10-25(43-24)26-11-12-27(44-26)35-41-33-20-7-3-15-38-31(20)32-21(34(33)42-35)8-4-16-39-32/h1-16H,17H2,(H,41,42). The third kappa shape index (κ3) is 3.42. The fraction of sp³-hybridized carbons (Fsp3) is 0.0286. The summed E-state index contributed by atoms with van der Waals surface area (Å²) in [4.78, 5) is 37.1. The van der Waals surface area contributed by atoms with Gasteiger partial charge in [-0.15, -0.1) is 22.7 Å². The van der Waals surface area contributed by atoms with E-state index in [4.69, 9.17) is 9.98 Å². The second kappa shape index (κ2) is 9.06. The van der Waals surface area contributed by atoms with E-state index in [0.29, 0.717) is 0 Å². The monoisotopic (exact) mass is 601 g/mol. The smallest absolute Gasteiger partial charge is 0.148 e. The van der Waals surface area contributed by atoms with E-state index in [9.17, 15) is 0 Å². The molecule has 2 aromatic carbocycles. The maximum atomic E-state index is 5.17. The molecule has 1 aliphatic heterocycles. The molecule has 0 bridgehead atoms. The number of H-pyrrole nitrogens is 1. The topological polar surface area (TPSA) is 92.6 Å². The second-order valence-corrected chi connectivity index (χ2v) is 13.0. The Labute approximate surface area is 257 Å². The average molecular weight is 602 g/mol. The lowest BCUT2D eigenvalue weighted by molar-refractivity contribution is 1.35. The number of nitrogens with one attached hydrogen (secondary N) is 1. The van der Waals surface area contributed by atoms with Crippen molar-refractivity contribution in [2.45, 2.75) is 6.42 Å². The van der Waals surface area contributed by atoms with Crippen LogP contribution in [0.5, 0.6) is 0 Å². The van der Waals surface area contributed by atoms with Crippen LogP contribution in [0, 0.1) is 0 Å². The molecule has 7 nitrogen and oxygen atoms in total. The lowest BCUT2D eigenvalue weighted by atomic mass is 9.99. The number of hydrogen-bond donors (Lipinski definition) is 1. The van der Waals surface area contributed by atoms with Crippen LogP contribution in [0.4, 0.5) is 5.69 Å². The van der Waals surface area contributed by atoms with Gasteiger partial charge in [0.25, 0.3) is 0 Å². The van der Waals surface area contributed by atoms with E-state index in [1.807, 2.05) is 49.1 Å². The first kappa shape index (κ1) is 24.1. The first-order valence-corrected chi connectivity index (χ1v) is 15.9. The molecule has 0 aliphatic carbocycles. The van der Waals surface area contributed by atoms with Gasteiger partial charge in [-0.3, -0.25) is 24.9 Å². The molecule has 1 aliphatic rings. The number of rotatable bonds is 3. The Bertz CT molecular complexity index is 2590. The summed E-state index contributed by atoms with van der Waals surface area (Å²) in [6.45, 7) is 0. The number of fused-ring (bicyclic) bond motifs is 12. The van der Waals surface area contributed by atoms with Crippen molar-refractivity contribution in [1.29, 1.82) is 0 Å². The van der Waals surface area contributed by atoms with Gasteiger partial charge in [0.05, 0.1) is 49.4 Å². The molecule has 0 saturated heterocycles. The van der Waals surface area contributed by atoms with Crippen LogP contribution in [0.1, 0.15) is 10.4 Å². The number of nitrogens with zero attached hydrogens (tertiary/aromatic N) is 6. The van der Waals surface area contributed by atoms with Gasteiger partial charge in [0, 0.05) is 67.4 Å². The van der Waals surface area contributed by atoms with Crippen LogP contribution < -0.4 is 0 Å². The van der Waals surface area contributed by atoms with E-state index in [2.05, 4.69) is 73.5 Å². The van der Waals surface area contributed by atoms with Crippen molar-refractivity contribution >= 4 is 88.7 Å². The fourth-order valence-corrected chi connectivity index (χ4v) is 8.42. The Hall–Kier alpha value is -5.38. The van der Waals surface area contributed by atoms with E-state index < -0.39 is 0 Å². The van der Waals surface area contributed by atoms with Crippen molar-refractivity contribution < 1.29 is 0 Å². The normalized spacial score (nSPS) is 13.0. The molecule has 9 heteroatoms. The summed E-state index contributed by atoms with van der Waals surface area (Å²) in [6.07, 6.45) is 8.07. The van der Waals surface area contributed by atoms with Crippen LogP contribution in [0.3, 0.4) is 0 Å². The summed E-state index contributed by atoms with van der Waals surface area (Å²) in [5, 5.41) is 4.21. The Kier molecular flexibility index (Phi) is 4.96. The zero-order valence-electron chi connectivity index (χ0n) is 22.9. The molecule has 44 heavy (non-hydrogen) atoms. The van der Waals surface area contributed by atoms with Gasteiger partial charge < -0.3 is 4.98 Å². The highest BCUT2D eigenvalue weighted by atomic mass is 32.1. The van der Waals surface area contributed by atoms with Crippen LogP contribution in [0.25, 0.3) is 75.1 Å².